The fourth-order valence-corrected chi connectivity index (χ4v) is 6.11. The molecule has 9 heteroatoms. The minimum Gasteiger partial charge on any atom is -0.495 e. The van der Waals surface area contributed by atoms with Gasteiger partial charge in [0, 0.05) is 28.3 Å². The first-order chi connectivity index (χ1) is 16.0. The number of pyridine rings is 1. The Hall–Kier alpha value is -3.14. The number of aromatic nitrogens is 1. The third kappa shape index (κ3) is 4.39. The van der Waals surface area contributed by atoms with E-state index >= 15 is 0 Å². The van der Waals surface area contributed by atoms with Gasteiger partial charge in [-0.2, -0.15) is 4.72 Å². The number of sulfonamides is 1. The van der Waals surface area contributed by atoms with Crippen molar-refractivity contribution in [3.05, 3.63) is 77.4 Å². The molecular formula is C24H22N2O5S2. The molecule has 2 aromatic carbocycles. The molecule has 0 aliphatic carbocycles. The Labute approximate surface area is 196 Å². The van der Waals surface area contributed by atoms with Crippen molar-refractivity contribution in [3.8, 4) is 17.2 Å². The van der Waals surface area contributed by atoms with Crippen molar-refractivity contribution < 1.29 is 22.6 Å². The average molecular weight is 483 g/mol. The number of hydrogen-bond donors (Lipinski definition) is 1. The van der Waals surface area contributed by atoms with Crippen LogP contribution in [0.1, 0.15) is 23.0 Å². The van der Waals surface area contributed by atoms with Gasteiger partial charge in [0.05, 0.1) is 25.2 Å². The van der Waals surface area contributed by atoms with E-state index in [1.165, 1.54) is 23.5 Å². The van der Waals surface area contributed by atoms with Gasteiger partial charge in [-0.15, -0.1) is 11.3 Å². The molecule has 0 fully saturated rings. The third-order valence-corrected chi connectivity index (χ3v) is 7.93. The zero-order chi connectivity index (χ0) is 22.8. The van der Waals surface area contributed by atoms with Crippen molar-refractivity contribution in [1.29, 1.82) is 0 Å². The Kier molecular flexibility index (Phi) is 5.92. The van der Waals surface area contributed by atoms with Gasteiger partial charge < -0.3 is 14.2 Å². The van der Waals surface area contributed by atoms with Gasteiger partial charge in [0.1, 0.15) is 17.5 Å². The summed E-state index contributed by atoms with van der Waals surface area (Å²) < 4.78 is 47.7. The van der Waals surface area contributed by atoms with E-state index in [0.717, 1.165) is 21.4 Å². The SMILES string of the molecule is COc1cccnc1[C@@H](NS(=O)(=O)c1ccc2c(c1)OCCCO2)c1cc2ccccc2s1. The summed E-state index contributed by atoms with van der Waals surface area (Å²) in [6.07, 6.45) is 2.36. The number of thiophene rings is 1. The highest BCUT2D eigenvalue weighted by Gasteiger charge is 2.29. The lowest BCUT2D eigenvalue weighted by atomic mass is 10.1. The number of hydrogen-bond acceptors (Lipinski definition) is 7. The molecule has 1 N–H and O–H groups in total. The minimum atomic E-state index is -3.94. The van der Waals surface area contributed by atoms with Gasteiger partial charge in [-0.25, -0.2) is 8.42 Å². The van der Waals surface area contributed by atoms with Crippen molar-refractivity contribution in [2.24, 2.45) is 0 Å². The zero-order valence-corrected chi connectivity index (χ0v) is 19.5. The first kappa shape index (κ1) is 21.7. The van der Waals surface area contributed by atoms with Gasteiger partial charge in [0.15, 0.2) is 11.5 Å². The first-order valence-corrected chi connectivity index (χ1v) is 12.7. The molecule has 0 bridgehead atoms. The number of methoxy groups -OCH3 is 1. The van der Waals surface area contributed by atoms with Gasteiger partial charge in [-0.3, -0.25) is 4.98 Å². The highest BCUT2D eigenvalue weighted by Crippen LogP contribution is 2.37. The van der Waals surface area contributed by atoms with Crippen molar-refractivity contribution in [1.82, 2.24) is 9.71 Å². The Morgan fingerprint density at radius 1 is 1.03 bits per heavy atom. The molecule has 0 saturated heterocycles. The van der Waals surface area contributed by atoms with E-state index < -0.39 is 16.1 Å². The zero-order valence-electron chi connectivity index (χ0n) is 17.9. The van der Waals surface area contributed by atoms with E-state index in [0.29, 0.717) is 36.2 Å². The van der Waals surface area contributed by atoms with Gasteiger partial charge in [0.25, 0.3) is 0 Å². The van der Waals surface area contributed by atoms with Crippen molar-refractivity contribution in [3.63, 3.8) is 0 Å². The van der Waals surface area contributed by atoms with Crippen LogP contribution in [0.15, 0.2) is 71.8 Å². The van der Waals surface area contributed by atoms with Gasteiger partial charge in [-0.05, 0) is 41.8 Å². The fourth-order valence-electron chi connectivity index (χ4n) is 3.72. The molecule has 4 aromatic rings. The van der Waals surface area contributed by atoms with E-state index in [9.17, 15) is 8.42 Å². The molecular weight excluding hydrogens is 460 g/mol. The fraction of sp³-hybridized carbons (Fsp3) is 0.208. The van der Waals surface area contributed by atoms with E-state index in [4.69, 9.17) is 14.2 Å². The Morgan fingerprint density at radius 3 is 2.67 bits per heavy atom. The Balaban J connectivity index is 1.57. The molecule has 0 saturated carbocycles. The van der Waals surface area contributed by atoms with E-state index in [1.54, 1.807) is 31.5 Å². The largest absolute Gasteiger partial charge is 0.495 e. The van der Waals surface area contributed by atoms with Crippen LogP contribution in [-0.2, 0) is 10.0 Å². The second-order valence-electron chi connectivity index (χ2n) is 7.49. The van der Waals surface area contributed by atoms with Crippen molar-refractivity contribution >= 4 is 31.4 Å². The smallest absolute Gasteiger partial charge is 0.241 e. The maximum atomic E-state index is 13.5. The van der Waals surface area contributed by atoms with Crippen molar-refractivity contribution in [2.75, 3.05) is 20.3 Å². The Bertz CT molecular complexity index is 1370. The summed E-state index contributed by atoms with van der Waals surface area (Å²) in [4.78, 5) is 5.37. The molecule has 0 radical (unpaired) electrons. The Morgan fingerprint density at radius 2 is 1.85 bits per heavy atom. The van der Waals surface area contributed by atoms with Crippen LogP contribution in [0.25, 0.3) is 10.1 Å². The van der Waals surface area contributed by atoms with E-state index in [1.807, 2.05) is 30.3 Å². The number of fused-ring (bicyclic) bond motifs is 2. The summed E-state index contributed by atoms with van der Waals surface area (Å²) in [5.74, 6) is 1.46. The number of rotatable bonds is 6. The predicted molar refractivity (Wildman–Crippen MR) is 127 cm³/mol. The molecule has 0 amide bonds. The quantitative estimate of drug-likeness (QED) is 0.434. The summed E-state index contributed by atoms with van der Waals surface area (Å²) >= 11 is 1.51. The number of ether oxygens (including phenoxy) is 3. The molecule has 1 aliphatic heterocycles. The number of benzene rings is 2. The van der Waals surface area contributed by atoms with Gasteiger partial charge in [0.2, 0.25) is 10.0 Å². The van der Waals surface area contributed by atoms with E-state index in [-0.39, 0.29) is 4.90 Å². The normalized spacial score (nSPS) is 14.6. The van der Waals surface area contributed by atoms with Crippen LogP contribution in [-0.4, -0.2) is 33.7 Å². The minimum absolute atomic E-state index is 0.0905. The summed E-state index contributed by atoms with van der Waals surface area (Å²) in [6.45, 7) is 1.00. The van der Waals surface area contributed by atoms with Crippen LogP contribution in [0.4, 0.5) is 0 Å². The molecule has 7 nitrogen and oxygen atoms in total. The van der Waals surface area contributed by atoms with Crippen LogP contribution in [0.2, 0.25) is 0 Å². The number of nitrogens with zero attached hydrogens (tertiary/aromatic N) is 1. The van der Waals surface area contributed by atoms with Crippen LogP contribution in [0.3, 0.4) is 0 Å². The van der Waals surface area contributed by atoms with Crippen molar-refractivity contribution in [2.45, 2.75) is 17.4 Å². The number of nitrogens with one attached hydrogen (secondary N) is 1. The molecule has 0 unspecified atom stereocenters. The molecule has 1 aliphatic rings. The molecule has 33 heavy (non-hydrogen) atoms. The maximum absolute atomic E-state index is 13.5. The maximum Gasteiger partial charge on any atom is 0.241 e. The molecule has 3 heterocycles. The summed E-state index contributed by atoms with van der Waals surface area (Å²) in [6, 6.07) is 17.3. The second kappa shape index (κ2) is 9.01. The van der Waals surface area contributed by atoms with Crippen LogP contribution < -0.4 is 18.9 Å². The monoisotopic (exact) mass is 482 g/mol. The summed E-state index contributed by atoms with van der Waals surface area (Å²) in [5, 5.41) is 1.03. The third-order valence-electron chi connectivity index (χ3n) is 5.32. The molecule has 2 aromatic heterocycles. The molecule has 1 atom stereocenters. The highest BCUT2D eigenvalue weighted by atomic mass is 32.2. The lowest BCUT2D eigenvalue weighted by molar-refractivity contribution is 0.297. The standard InChI is InChI=1S/C24H22N2O5S2/c1-29-19-7-4-11-25-23(19)24(22-14-16-6-2-3-8-21(16)32-22)26-33(27,28)17-9-10-18-20(15-17)31-13-5-12-30-18/h2-4,6-11,14-15,24,26H,5,12-13H2,1H3/t24-/m0/s1. The topological polar surface area (TPSA) is 86.8 Å². The van der Waals surface area contributed by atoms with E-state index in [2.05, 4.69) is 9.71 Å². The summed E-state index contributed by atoms with van der Waals surface area (Å²) in [7, 11) is -2.40. The first-order valence-electron chi connectivity index (χ1n) is 10.4. The van der Waals surface area contributed by atoms with Gasteiger partial charge >= 0.3 is 0 Å². The summed E-state index contributed by atoms with van der Waals surface area (Å²) in [5.41, 5.74) is 0.490. The molecule has 5 rings (SSSR count). The molecule has 0 spiro atoms. The highest BCUT2D eigenvalue weighted by molar-refractivity contribution is 7.89. The lowest BCUT2D eigenvalue weighted by Crippen LogP contribution is -2.30. The van der Waals surface area contributed by atoms with Crippen LogP contribution in [0, 0.1) is 0 Å². The van der Waals surface area contributed by atoms with Crippen LogP contribution in [0.5, 0.6) is 17.2 Å². The van der Waals surface area contributed by atoms with Gasteiger partial charge in [-0.1, -0.05) is 18.2 Å². The van der Waals surface area contributed by atoms with Crippen LogP contribution >= 0.6 is 11.3 Å². The average Bonchev–Trinajstić information content (AvgIpc) is 3.12. The molecule has 170 valence electrons. The lowest BCUT2D eigenvalue weighted by Gasteiger charge is -2.20. The second-order valence-corrected chi connectivity index (χ2v) is 10.3. The predicted octanol–water partition coefficient (Wildman–Crippen LogP) is 4.53.